The number of amides is 1. The molecule has 2 aromatic heterocycles. The standard InChI is InChI=1S/C16H20N4O2/c1-10-9-17-11(2)8-14(10)19-16(21)12-4-3-7-22-15(12)13-5-6-18-20-13/h5-6,8-9,12,15H,3-4,7H2,1-2H3,(H,18,20)(H,17,19,21)/t12-,15-/m1/s1. The van der Waals surface area contributed by atoms with Gasteiger partial charge in [0.25, 0.3) is 0 Å². The van der Waals surface area contributed by atoms with E-state index in [1.165, 1.54) is 0 Å². The number of anilines is 1. The molecule has 1 saturated heterocycles. The van der Waals surface area contributed by atoms with Crippen molar-refractivity contribution in [3.63, 3.8) is 0 Å². The highest BCUT2D eigenvalue weighted by atomic mass is 16.5. The number of aryl methyl sites for hydroxylation is 2. The molecule has 116 valence electrons. The fourth-order valence-corrected chi connectivity index (χ4v) is 2.77. The maximum Gasteiger partial charge on any atom is 0.230 e. The first kappa shape index (κ1) is 14.7. The third-order valence-electron chi connectivity index (χ3n) is 3.99. The second-order valence-electron chi connectivity index (χ2n) is 5.68. The predicted molar refractivity (Wildman–Crippen MR) is 82.3 cm³/mol. The SMILES string of the molecule is Cc1cc(NC(=O)[C@@H]2CCCO[C@H]2c2ccn[nH]2)c(C)cn1. The molecule has 3 rings (SSSR count). The number of carbonyl (C=O) groups is 1. The Morgan fingerprint density at radius 1 is 1.45 bits per heavy atom. The van der Waals surface area contributed by atoms with Gasteiger partial charge in [-0.15, -0.1) is 0 Å². The Bertz CT molecular complexity index is 654. The van der Waals surface area contributed by atoms with Crippen LogP contribution in [-0.4, -0.2) is 27.7 Å². The summed E-state index contributed by atoms with van der Waals surface area (Å²) in [5.74, 6) is -0.241. The zero-order chi connectivity index (χ0) is 15.5. The number of aromatic amines is 1. The summed E-state index contributed by atoms with van der Waals surface area (Å²) in [6, 6.07) is 3.75. The number of pyridine rings is 1. The molecule has 0 radical (unpaired) electrons. The molecule has 0 aromatic carbocycles. The van der Waals surface area contributed by atoms with Crippen LogP contribution >= 0.6 is 0 Å². The van der Waals surface area contributed by atoms with Crippen LogP contribution in [0.3, 0.4) is 0 Å². The predicted octanol–water partition coefficient (Wildman–Crippen LogP) is 2.53. The highest BCUT2D eigenvalue weighted by Crippen LogP contribution is 2.33. The van der Waals surface area contributed by atoms with Crippen molar-refractivity contribution in [2.45, 2.75) is 32.8 Å². The number of H-pyrrole nitrogens is 1. The number of rotatable bonds is 3. The van der Waals surface area contributed by atoms with Crippen molar-refractivity contribution >= 4 is 11.6 Å². The molecule has 0 spiro atoms. The van der Waals surface area contributed by atoms with Crippen LogP contribution in [0, 0.1) is 19.8 Å². The van der Waals surface area contributed by atoms with E-state index >= 15 is 0 Å². The fourth-order valence-electron chi connectivity index (χ4n) is 2.77. The first-order valence-corrected chi connectivity index (χ1v) is 7.50. The molecule has 3 heterocycles. The van der Waals surface area contributed by atoms with Gasteiger partial charge in [-0.05, 0) is 44.4 Å². The largest absolute Gasteiger partial charge is 0.371 e. The van der Waals surface area contributed by atoms with E-state index in [9.17, 15) is 4.79 Å². The molecule has 1 amide bonds. The molecule has 2 aromatic rings. The van der Waals surface area contributed by atoms with Gasteiger partial charge in [0.15, 0.2) is 0 Å². The molecule has 6 heteroatoms. The molecular weight excluding hydrogens is 280 g/mol. The summed E-state index contributed by atoms with van der Waals surface area (Å²) in [6.07, 6.45) is 4.88. The lowest BCUT2D eigenvalue weighted by Crippen LogP contribution is -2.33. The van der Waals surface area contributed by atoms with Crippen LogP contribution in [0.25, 0.3) is 0 Å². The van der Waals surface area contributed by atoms with Gasteiger partial charge in [0.05, 0.1) is 11.6 Å². The molecule has 6 nitrogen and oxygen atoms in total. The quantitative estimate of drug-likeness (QED) is 0.913. The Balaban J connectivity index is 1.79. The molecule has 0 bridgehead atoms. The van der Waals surface area contributed by atoms with Crippen LogP contribution in [0.1, 0.15) is 35.9 Å². The van der Waals surface area contributed by atoms with Gasteiger partial charge < -0.3 is 10.1 Å². The van der Waals surface area contributed by atoms with Crippen LogP contribution in [0.2, 0.25) is 0 Å². The number of nitrogens with one attached hydrogen (secondary N) is 2. The minimum atomic E-state index is -0.264. The minimum Gasteiger partial charge on any atom is -0.371 e. The molecule has 1 fully saturated rings. The van der Waals surface area contributed by atoms with E-state index in [4.69, 9.17) is 4.74 Å². The van der Waals surface area contributed by atoms with E-state index in [2.05, 4.69) is 20.5 Å². The summed E-state index contributed by atoms with van der Waals surface area (Å²) >= 11 is 0. The molecule has 1 aliphatic heterocycles. The van der Waals surface area contributed by atoms with Crippen molar-refractivity contribution in [1.29, 1.82) is 0 Å². The van der Waals surface area contributed by atoms with Crippen molar-refractivity contribution in [1.82, 2.24) is 15.2 Å². The second kappa shape index (κ2) is 6.27. The van der Waals surface area contributed by atoms with Gasteiger partial charge in [-0.2, -0.15) is 5.10 Å². The van der Waals surface area contributed by atoms with Gasteiger partial charge in [-0.25, -0.2) is 0 Å². The number of hydrogen-bond donors (Lipinski definition) is 2. The molecule has 1 aliphatic rings. The van der Waals surface area contributed by atoms with Crippen LogP contribution in [0.15, 0.2) is 24.5 Å². The maximum atomic E-state index is 12.7. The number of aromatic nitrogens is 3. The summed E-state index contributed by atoms with van der Waals surface area (Å²) in [5, 5.41) is 9.89. The van der Waals surface area contributed by atoms with Gasteiger partial charge in [0, 0.05) is 30.4 Å². The molecule has 0 aliphatic carbocycles. The molecule has 0 saturated carbocycles. The Kier molecular flexibility index (Phi) is 4.20. The number of nitrogens with zero attached hydrogens (tertiary/aromatic N) is 2. The van der Waals surface area contributed by atoms with E-state index in [1.807, 2.05) is 26.0 Å². The molecule has 2 N–H and O–H groups in total. The molecule has 22 heavy (non-hydrogen) atoms. The lowest BCUT2D eigenvalue weighted by molar-refractivity contribution is -0.129. The number of ether oxygens (including phenoxy) is 1. The average molecular weight is 300 g/mol. The third kappa shape index (κ3) is 3.01. The van der Waals surface area contributed by atoms with E-state index in [0.717, 1.165) is 35.5 Å². The summed E-state index contributed by atoms with van der Waals surface area (Å²) in [4.78, 5) is 16.9. The van der Waals surface area contributed by atoms with Gasteiger partial charge in [0.1, 0.15) is 6.10 Å². The highest BCUT2D eigenvalue weighted by Gasteiger charge is 2.34. The number of hydrogen-bond acceptors (Lipinski definition) is 4. The second-order valence-corrected chi connectivity index (χ2v) is 5.68. The summed E-state index contributed by atoms with van der Waals surface area (Å²) in [6.45, 7) is 4.51. The van der Waals surface area contributed by atoms with E-state index in [0.29, 0.717) is 6.61 Å². The van der Waals surface area contributed by atoms with E-state index < -0.39 is 0 Å². The lowest BCUT2D eigenvalue weighted by Gasteiger charge is -2.30. The fraction of sp³-hybridized carbons (Fsp3) is 0.438. The summed E-state index contributed by atoms with van der Waals surface area (Å²) in [5.41, 5.74) is 3.49. The van der Waals surface area contributed by atoms with Crippen molar-refractivity contribution in [3.8, 4) is 0 Å². The Morgan fingerprint density at radius 2 is 2.32 bits per heavy atom. The first-order chi connectivity index (χ1) is 10.6. The Labute approximate surface area is 129 Å². The number of carbonyl (C=O) groups excluding carboxylic acids is 1. The van der Waals surface area contributed by atoms with E-state index in [1.54, 1.807) is 12.4 Å². The normalized spacial score (nSPS) is 21.5. The van der Waals surface area contributed by atoms with Gasteiger partial charge >= 0.3 is 0 Å². The topological polar surface area (TPSA) is 79.9 Å². The molecule has 2 atom stereocenters. The Hall–Kier alpha value is -2.21. The zero-order valence-electron chi connectivity index (χ0n) is 12.8. The monoisotopic (exact) mass is 300 g/mol. The van der Waals surface area contributed by atoms with E-state index in [-0.39, 0.29) is 17.9 Å². The highest BCUT2D eigenvalue weighted by molar-refractivity contribution is 5.93. The molecule has 0 unspecified atom stereocenters. The van der Waals surface area contributed by atoms with Gasteiger partial charge in [-0.1, -0.05) is 0 Å². The third-order valence-corrected chi connectivity index (χ3v) is 3.99. The van der Waals surface area contributed by atoms with Crippen molar-refractivity contribution in [2.75, 3.05) is 11.9 Å². The van der Waals surface area contributed by atoms with Gasteiger partial charge in [0.2, 0.25) is 5.91 Å². The maximum absolute atomic E-state index is 12.7. The lowest BCUT2D eigenvalue weighted by atomic mass is 9.91. The van der Waals surface area contributed by atoms with Crippen molar-refractivity contribution in [3.05, 3.63) is 41.5 Å². The van der Waals surface area contributed by atoms with Crippen LogP contribution in [0.5, 0.6) is 0 Å². The zero-order valence-corrected chi connectivity index (χ0v) is 12.8. The summed E-state index contributed by atoms with van der Waals surface area (Å²) in [7, 11) is 0. The molecular formula is C16H20N4O2. The summed E-state index contributed by atoms with van der Waals surface area (Å²) < 4.78 is 5.80. The van der Waals surface area contributed by atoms with Crippen LogP contribution in [0.4, 0.5) is 5.69 Å². The van der Waals surface area contributed by atoms with Gasteiger partial charge in [-0.3, -0.25) is 14.9 Å². The van der Waals surface area contributed by atoms with Crippen molar-refractivity contribution < 1.29 is 9.53 Å². The van der Waals surface area contributed by atoms with Crippen molar-refractivity contribution in [2.24, 2.45) is 5.92 Å². The minimum absolute atomic E-state index is 0.0204. The average Bonchev–Trinajstić information content (AvgIpc) is 3.05. The smallest absolute Gasteiger partial charge is 0.230 e. The Morgan fingerprint density at radius 3 is 3.09 bits per heavy atom. The van der Waals surface area contributed by atoms with Crippen LogP contribution in [-0.2, 0) is 9.53 Å². The van der Waals surface area contributed by atoms with Crippen LogP contribution < -0.4 is 5.32 Å². The first-order valence-electron chi connectivity index (χ1n) is 7.50.